The van der Waals surface area contributed by atoms with E-state index in [1.165, 1.54) is 18.4 Å². The number of anilines is 1. The highest BCUT2D eigenvalue weighted by Gasteiger charge is 2.14. The lowest BCUT2D eigenvalue weighted by Gasteiger charge is -1.91. The summed E-state index contributed by atoms with van der Waals surface area (Å²) >= 11 is 4.40. The van der Waals surface area contributed by atoms with E-state index >= 15 is 0 Å². The van der Waals surface area contributed by atoms with E-state index in [0.717, 1.165) is 0 Å². The van der Waals surface area contributed by atoms with E-state index in [1.807, 2.05) is 0 Å². The number of nitrogen functional groups attached to an aromatic ring is 1. The third-order valence-electron chi connectivity index (χ3n) is 1.11. The van der Waals surface area contributed by atoms with E-state index in [0.29, 0.717) is 14.6 Å². The monoisotopic (exact) mass is 262 g/mol. The Morgan fingerprint density at radius 2 is 2.54 bits per heavy atom. The van der Waals surface area contributed by atoms with Crippen LogP contribution >= 0.6 is 27.3 Å². The first-order valence-electron chi connectivity index (χ1n) is 3.10. The maximum Gasteiger partial charge on any atom is 0.259 e. The van der Waals surface area contributed by atoms with Crippen molar-refractivity contribution in [3.05, 3.63) is 9.48 Å². The summed E-state index contributed by atoms with van der Waals surface area (Å²) in [5.41, 5.74) is 5.75. The average molecular weight is 263 g/mol. The van der Waals surface area contributed by atoms with E-state index < -0.39 is 0 Å². The number of aromatic nitrogens is 1. The first-order chi connectivity index (χ1) is 6.19. The largest absolute Gasteiger partial charge is 0.398 e. The van der Waals surface area contributed by atoms with E-state index in [2.05, 4.69) is 30.9 Å². The number of halogens is 1. The summed E-state index contributed by atoms with van der Waals surface area (Å²) in [5, 5.41) is 3.79. The molecule has 0 saturated carbocycles. The molecular weight excluding hydrogens is 258 g/mol. The van der Waals surface area contributed by atoms with Crippen LogP contribution in [0.5, 0.6) is 0 Å². The number of rotatable bonds is 3. The fourth-order valence-corrected chi connectivity index (χ4v) is 2.00. The van der Waals surface area contributed by atoms with E-state index in [-0.39, 0.29) is 5.71 Å². The molecule has 13 heavy (non-hydrogen) atoms. The van der Waals surface area contributed by atoms with Gasteiger partial charge in [0.05, 0.1) is 0 Å². The molecule has 1 heterocycles. The summed E-state index contributed by atoms with van der Waals surface area (Å²) in [6, 6.07) is 0. The van der Waals surface area contributed by atoms with Crippen LogP contribution in [-0.2, 0) is 9.63 Å². The van der Waals surface area contributed by atoms with Gasteiger partial charge in [-0.05, 0) is 15.9 Å². The molecule has 1 aromatic rings. The highest BCUT2D eigenvalue weighted by Crippen LogP contribution is 2.26. The van der Waals surface area contributed by atoms with Gasteiger partial charge in [0, 0.05) is 0 Å². The van der Waals surface area contributed by atoms with Crippen molar-refractivity contribution in [1.82, 2.24) is 4.98 Å². The molecule has 0 spiro atoms. The smallest absolute Gasteiger partial charge is 0.259 e. The number of hydrogen-bond acceptors (Lipinski definition) is 6. The number of nitrogens with zero attached hydrogens (tertiary/aromatic N) is 2. The van der Waals surface area contributed by atoms with Gasteiger partial charge in [-0.2, -0.15) is 0 Å². The Kier molecular flexibility index (Phi) is 3.38. The second-order valence-corrected chi connectivity index (χ2v) is 4.25. The molecule has 0 fully saturated rings. The molecule has 0 bridgehead atoms. The first kappa shape index (κ1) is 10.1. The van der Waals surface area contributed by atoms with Crippen LogP contribution in [0.1, 0.15) is 5.69 Å². The summed E-state index contributed by atoms with van der Waals surface area (Å²) in [6.07, 6.45) is 1.61. The van der Waals surface area contributed by atoms with Crippen molar-refractivity contribution in [2.45, 2.75) is 0 Å². The maximum absolute atomic E-state index is 10.4. The van der Waals surface area contributed by atoms with Crippen molar-refractivity contribution in [3.8, 4) is 0 Å². The van der Waals surface area contributed by atoms with Crippen molar-refractivity contribution in [2.75, 3.05) is 12.8 Å². The summed E-state index contributed by atoms with van der Waals surface area (Å²) in [5.74, 6) is 0. The number of carbonyl (C=O) groups excluding carboxylic acids is 1. The minimum Gasteiger partial charge on any atom is -0.398 e. The zero-order valence-corrected chi connectivity index (χ0v) is 8.98. The quantitative estimate of drug-likeness (QED) is 0.650. The summed E-state index contributed by atoms with van der Waals surface area (Å²) in [4.78, 5) is 18.7. The Hall–Kier alpha value is -0.950. The summed E-state index contributed by atoms with van der Waals surface area (Å²) in [7, 11) is 1.33. The van der Waals surface area contributed by atoms with Gasteiger partial charge >= 0.3 is 0 Å². The molecule has 1 radical (unpaired) electrons. The van der Waals surface area contributed by atoms with Gasteiger partial charge < -0.3 is 10.6 Å². The number of hydrogen-bond donors (Lipinski definition) is 1. The summed E-state index contributed by atoms with van der Waals surface area (Å²) < 4.78 is 0.629. The number of thiazole rings is 1. The zero-order chi connectivity index (χ0) is 9.84. The minimum absolute atomic E-state index is 0.0117. The Morgan fingerprint density at radius 3 is 2.92 bits per heavy atom. The Balaban J connectivity index is 3.11. The summed E-state index contributed by atoms with van der Waals surface area (Å²) in [6.45, 7) is 0. The van der Waals surface area contributed by atoms with Gasteiger partial charge in [0.2, 0.25) is 0 Å². The zero-order valence-electron chi connectivity index (χ0n) is 6.57. The maximum atomic E-state index is 10.4. The van der Waals surface area contributed by atoms with E-state index in [4.69, 9.17) is 5.73 Å². The molecule has 0 amide bonds. The molecule has 1 aromatic heterocycles. The van der Waals surface area contributed by atoms with Gasteiger partial charge in [0.25, 0.3) is 6.29 Å². The normalized spacial score (nSPS) is 11.4. The fraction of sp³-hybridized carbons (Fsp3) is 0.167. The van der Waals surface area contributed by atoms with Crippen LogP contribution < -0.4 is 5.73 Å². The molecule has 0 aliphatic carbocycles. The number of oxime groups is 1. The third-order valence-corrected chi connectivity index (χ3v) is 2.64. The molecule has 0 aliphatic heterocycles. The van der Waals surface area contributed by atoms with Gasteiger partial charge in [0.1, 0.15) is 16.6 Å². The second-order valence-electron chi connectivity index (χ2n) is 1.90. The van der Waals surface area contributed by atoms with Crippen molar-refractivity contribution in [3.63, 3.8) is 0 Å². The van der Waals surface area contributed by atoms with Crippen LogP contribution in [0.15, 0.2) is 8.94 Å². The Morgan fingerprint density at radius 1 is 1.85 bits per heavy atom. The first-order valence-corrected chi connectivity index (χ1v) is 4.71. The molecule has 0 saturated heterocycles. The van der Waals surface area contributed by atoms with E-state index in [1.54, 1.807) is 6.29 Å². The van der Waals surface area contributed by atoms with Gasteiger partial charge in [-0.3, -0.25) is 4.79 Å². The lowest BCUT2D eigenvalue weighted by atomic mass is 10.3. The molecule has 1 rings (SSSR count). The van der Waals surface area contributed by atoms with Crippen LogP contribution in [0.2, 0.25) is 0 Å². The lowest BCUT2D eigenvalue weighted by molar-refractivity contribution is 0.214. The fourth-order valence-electron chi connectivity index (χ4n) is 0.665. The predicted molar refractivity (Wildman–Crippen MR) is 53.5 cm³/mol. The molecular formula is C6H5BrN3O2S. The highest BCUT2D eigenvalue weighted by molar-refractivity contribution is 9.11. The van der Waals surface area contributed by atoms with E-state index in [9.17, 15) is 4.79 Å². The standard InChI is InChI=1S/C6H5BrN3O2S/c1-12-10-3(2-11)4-5(7)13-6(8)9-4/h1H3,(H2,8,9). The molecule has 0 unspecified atom stereocenters. The SMILES string of the molecule is CON=C([C]=O)c1nc(N)sc1Br. The van der Waals surface area contributed by atoms with Crippen LogP contribution in [-0.4, -0.2) is 24.1 Å². The molecule has 0 atom stereocenters. The van der Waals surface area contributed by atoms with Gasteiger partial charge in [0.15, 0.2) is 10.8 Å². The molecule has 2 N–H and O–H groups in total. The Bertz CT molecular complexity index is 350. The molecule has 7 heteroatoms. The van der Waals surface area contributed by atoms with Gasteiger partial charge in [-0.25, -0.2) is 4.98 Å². The number of nitrogens with two attached hydrogens (primary N) is 1. The topological polar surface area (TPSA) is 77.6 Å². The Labute approximate surface area is 86.7 Å². The molecule has 0 aromatic carbocycles. The highest BCUT2D eigenvalue weighted by atomic mass is 79.9. The molecule has 5 nitrogen and oxygen atoms in total. The second kappa shape index (κ2) is 4.33. The minimum atomic E-state index is -0.0117. The van der Waals surface area contributed by atoms with Crippen LogP contribution in [0.3, 0.4) is 0 Å². The molecule has 0 aliphatic rings. The van der Waals surface area contributed by atoms with Crippen LogP contribution in [0.4, 0.5) is 5.13 Å². The van der Waals surface area contributed by atoms with Crippen molar-refractivity contribution in [1.29, 1.82) is 0 Å². The van der Waals surface area contributed by atoms with Crippen LogP contribution in [0.25, 0.3) is 0 Å². The van der Waals surface area contributed by atoms with Crippen LogP contribution in [0, 0.1) is 0 Å². The lowest BCUT2D eigenvalue weighted by Crippen LogP contribution is -2.04. The molecule has 69 valence electrons. The van der Waals surface area contributed by atoms with Gasteiger partial charge in [-0.15, -0.1) is 0 Å². The third kappa shape index (κ3) is 2.25. The van der Waals surface area contributed by atoms with Crippen molar-refractivity contribution >= 4 is 44.4 Å². The average Bonchev–Trinajstić information content (AvgIpc) is 2.41. The van der Waals surface area contributed by atoms with Crippen molar-refractivity contribution < 1.29 is 9.63 Å². The predicted octanol–water partition coefficient (Wildman–Crippen LogP) is 0.948. The van der Waals surface area contributed by atoms with Gasteiger partial charge in [-0.1, -0.05) is 16.5 Å². The van der Waals surface area contributed by atoms with Crippen molar-refractivity contribution in [2.24, 2.45) is 5.16 Å².